The molecule has 312 valence electrons. The SMILES string of the molecule is CCCCCCCCCCCCCC#CC#CCCCCCCCCC(=O)NCSCN[C@@H]1O[C@H](CO)[C@@H](O[C@@H]2O[C@@H](CO)[C@H](O)[C@H](O)[C@H]2O)[C@H](O)[C@H]1O. The van der Waals surface area contributed by atoms with Crippen LogP contribution in [0.5, 0.6) is 0 Å². The second-order valence-electron chi connectivity index (χ2n) is 14.4. The van der Waals surface area contributed by atoms with Crippen molar-refractivity contribution in [1.82, 2.24) is 10.6 Å². The summed E-state index contributed by atoms with van der Waals surface area (Å²) in [6.07, 6.45) is 8.74. The molecule has 0 aromatic rings. The molecule has 1 amide bonds. The van der Waals surface area contributed by atoms with Crippen LogP contribution in [0.4, 0.5) is 0 Å². The van der Waals surface area contributed by atoms with Crippen LogP contribution in [0, 0.1) is 23.7 Å². The molecule has 2 rings (SSSR count). The van der Waals surface area contributed by atoms with Crippen molar-refractivity contribution in [2.24, 2.45) is 0 Å². The molecule has 0 unspecified atom stereocenters. The lowest BCUT2D eigenvalue weighted by molar-refractivity contribution is -0.343. The topological polar surface area (TPSA) is 210 Å². The first-order valence-corrected chi connectivity index (χ1v) is 21.5. The van der Waals surface area contributed by atoms with Crippen LogP contribution < -0.4 is 10.6 Å². The molecule has 2 heterocycles. The summed E-state index contributed by atoms with van der Waals surface area (Å²) < 4.78 is 16.6. The van der Waals surface area contributed by atoms with Gasteiger partial charge in [-0.3, -0.25) is 10.1 Å². The molecule has 0 radical (unpaired) electrons. The van der Waals surface area contributed by atoms with Gasteiger partial charge in [0.2, 0.25) is 5.91 Å². The molecule has 2 saturated heterocycles. The molecule has 0 spiro atoms. The third-order valence-electron chi connectivity index (χ3n) is 9.86. The quantitative estimate of drug-likeness (QED) is 0.0318. The van der Waals surface area contributed by atoms with Gasteiger partial charge in [-0.15, -0.1) is 11.8 Å². The maximum Gasteiger partial charge on any atom is 0.220 e. The van der Waals surface area contributed by atoms with Crippen LogP contribution in [0.2, 0.25) is 0 Å². The summed E-state index contributed by atoms with van der Waals surface area (Å²) in [5.41, 5.74) is 0. The highest BCUT2D eigenvalue weighted by molar-refractivity contribution is 7.99. The van der Waals surface area contributed by atoms with E-state index in [4.69, 9.17) is 14.2 Å². The van der Waals surface area contributed by atoms with Gasteiger partial charge in [0.1, 0.15) is 55.1 Å². The van der Waals surface area contributed by atoms with Gasteiger partial charge in [0.15, 0.2) is 6.29 Å². The number of thioether (sulfide) groups is 1. The van der Waals surface area contributed by atoms with Crippen molar-refractivity contribution in [2.45, 2.75) is 197 Å². The molecule has 10 atom stereocenters. The third kappa shape index (κ3) is 19.6. The summed E-state index contributed by atoms with van der Waals surface area (Å²) in [5.74, 6) is 12.9. The summed E-state index contributed by atoms with van der Waals surface area (Å²) in [7, 11) is 0. The van der Waals surface area contributed by atoms with Crippen molar-refractivity contribution in [3.8, 4) is 23.7 Å². The van der Waals surface area contributed by atoms with E-state index in [2.05, 4.69) is 41.2 Å². The Balaban J connectivity index is 1.44. The van der Waals surface area contributed by atoms with Crippen molar-refractivity contribution in [1.29, 1.82) is 0 Å². The minimum absolute atomic E-state index is 0.0414. The van der Waals surface area contributed by atoms with Gasteiger partial charge >= 0.3 is 0 Å². The summed E-state index contributed by atoms with van der Waals surface area (Å²) in [6.45, 7) is 0.980. The minimum Gasteiger partial charge on any atom is -0.394 e. The lowest BCUT2D eigenvalue weighted by Crippen LogP contribution is -2.66. The van der Waals surface area contributed by atoms with Gasteiger partial charge < -0.3 is 55.3 Å². The van der Waals surface area contributed by atoms with E-state index in [9.17, 15) is 40.5 Å². The number of aliphatic hydroxyl groups is 7. The van der Waals surface area contributed by atoms with Crippen LogP contribution in [0.3, 0.4) is 0 Å². The number of hydrogen-bond donors (Lipinski definition) is 9. The second kappa shape index (κ2) is 30.6. The highest BCUT2D eigenvalue weighted by atomic mass is 32.2. The number of unbranched alkanes of at least 4 members (excludes halogenated alkanes) is 17. The molecule has 0 aromatic carbocycles. The summed E-state index contributed by atoms with van der Waals surface area (Å²) in [4.78, 5) is 12.2. The maximum atomic E-state index is 12.2. The molecule has 14 heteroatoms. The average molecular weight is 787 g/mol. The summed E-state index contributed by atoms with van der Waals surface area (Å²) >= 11 is 1.33. The lowest BCUT2D eigenvalue weighted by atomic mass is 9.96. The van der Waals surface area contributed by atoms with Crippen molar-refractivity contribution < 1.29 is 54.8 Å². The normalized spacial score (nSPS) is 28.1. The summed E-state index contributed by atoms with van der Waals surface area (Å²) in [5, 5.41) is 76.6. The van der Waals surface area contributed by atoms with Gasteiger partial charge in [0.25, 0.3) is 0 Å². The first kappa shape index (κ1) is 48.6. The van der Waals surface area contributed by atoms with E-state index in [0.717, 1.165) is 51.4 Å². The summed E-state index contributed by atoms with van der Waals surface area (Å²) in [6, 6.07) is 0. The zero-order valence-corrected chi connectivity index (χ0v) is 33.2. The van der Waals surface area contributed by atoms with Crippen molar-refractivity contribution >= 4 is 17.7 Å². The Morgan fingerprint density at radius 3 is 1.72 bits per heavy atom. The van der Waals surface area contributed by atoms with Gasteiger partial charge in [0.05, 0.1) is 19.1 Å². The number of carbonyl (C=O) groups is 1. The fourth-order valence-corrected chi connectivity index (χ4v) is 7.11. The number of nitrogens with one attached hydrogen (secondary N) is 2. The predicted molar refractivity (Wildman–Crippen MR) is 209 cm³/mol. The van der Waals surface area contributed by atoms with E-state index < -0.39 is 74.6 Å². The molecule has 54 heavy (non-hydrogen) atoms. The average Bonchev–Trinajstić information content (AvgIpc) is 3.17. The van der Waals surface area contributed by atoms with E-state index in [1.165, 1.54) is 82.4 Å². The monoisotopic (exact) mass is 786 g/mol. The minimum atomic E-state index is -1.73. The highest BCUT2D eigenvalue weighted by Crippen LogP contribution is 2.29. The van der Waals surface area contributed by atoms with Crippen molar-refractivity contribution in [3.05, 3.63) is 0 Å². The molecule has 13 nitrogen and oxygen atoms in total. The van der Waals surface area contributed by atoms with Crippen LogP contribution in [-0.2, 0) is 19.0 Å². The van der Waals surface area contributed by atoms with E-state index in [0.29, 0.717) is 12.3 Å². The highest BCUT2D eigenvalue weighted by Gasteiger charge is 2.50. The van der Waals surface area contributed by atoms with Gasteiger partial charge in [-0.2, -0.15) is 0 Å². The Kier molecular flexibility index (Phi) is 27.6. The molecule has 2 aliphatic rings. The number of hydrogen-bond acceptors (Lipinski definition) is 13. The van der Waals surface area contributed by atoms with Crippen molar-refractivity contribution in [3.63, 3.8) is 0 Å². The molecule has 0 saturated carbocycles. The number of aliphatic hydroxyl groups excluding tert-OH is 7. The number of ether oxygens (including phenoxy) is 3. The Bertz CT molecular complexity index is 1100. The zero-order chi connectivity index (χ0) is 39.4. The molecular weight excluding hydrogens is 717 g/mol. The van der Waals surface area contributed by atoms with Gasteiger partial charge in [-0.1, -0.05) is 109 Å². The van der Waals surface area contributed by atoms with Crippen LogP contribution >= 0.6 is 11.8 Å². The second-order valence-corrected chi connectivity index (χ2v) is 15.3. The number of rotatable bonds is 28. The molecule has 2 fully saturated rings. The van der Waals surface area contributed by atoms with Gasteiger partial charge in [0, 0.05) is 25.1 Å². The Hall–Kier alpha value is -1.50. The molecular formula is C40H70N2O11S. The van der Waals surface area contributed by atoms with E-state index >= 15 is 0 Å². The van der Waals surface area contributed by atoms with Crippen molar-refractivity contribution in [2.75, 3.05) is 25.0 Å². The van der Waals surface area contributed by atoms with E-state index in [-0.39, 0.29) is 11.8 Å². The third-order valence-corrected chi connectivity index (χ3v) is 10.6. The first-order valence-electron chi connectivity index (χ1n) is 20.4. The van der Waals surface area contributed by atoms with Gasteiger partial charge in [-0.05, 0) is 31.1 Å². The van der Waals surface area contributed by atoms with E-state index in [1.54, 1.807) is 0 Å². The van der Waals surface area contributed by atoms with Crippen LogP contribution in [0.1, 0.15) is 135 Å². The first-order chi connectivity index (χ1) is 26.2. The smallest absolute Gasteiger partial charge is 0.220 e. The zero-order valence-electron chi connectivity index (χ0n) is 32.4. The molecule has 9 N–H and O–H groups in total. The predicted octanol–water partition coefficient (Wildman–Crippen LogP) is 2.79. The molecule has 2 aliphatic heterocycles. The Morgan fingerprint density at radius 1 is 0.630 bits per heavy atom. The number of carbonyl (C=O) groups excluding carboxylic acids is 1. The largest absolute Gasteiger partial charge is 0.394 e. The van der Waals surface area contributed by atoms with Crippen LogP contribution in [-0.4, -0.2) is 128 Å². The van der Waals surface area contributed by atoms with Crippen LogP contribution in [0.15, 0.2) is 0 Å². The van der Waals surface area contributed by atoms with Crippen LogP contribution in [0.25, 0.3) is 0 Å². The molecule has 0 aromatic heterocycles. The Morgan fingerprint density at radius 2 is 1.17 bits per heavy atom. The van der Waals surface area contributed by atoms with Gasteiger partial charge in [-0.25, -0.2) is 0 Å². The fraction of sp³-hybridized carbons (Fsp3) is 0.875. The lowest BCUT2D eigenvalue weighted by Gasteiger charge is -2.46. The molecule has 0 aliphatic carbocycles. The molecule has 0 bridgehead atoms. The number of amides is 1. The maximum absolute atomic E-state index is 12.2. The van der Waals surface area contributed by atoms with E-state index in [1.807, 2.05) is 0 Å². The fourth-order valence-electron chi connectivity index (χ4n) is 6.47. The standard InChI is InChI=1S/C40H70N2O11S/c1-2-3-4-5-6-7-8-9-10-11-12-13-14-15-16-17-18-19-20-21-22-23-24-25-32(45)41-28-54-29-42-39-36(49)35(48)38(31(27-44)51-39)53-40-37(50)34(47)33(46)30(26-43)52-40/h30-31,33-40,42-44,46-50H,2-13,18-29H2,1H3,(H,41,45)/t30-,31+,33-,34-,35+,36+,37+,38+,39+,40-/m0/s1. The Labute approximate surface area is 327 Å².